The highest BCUT2D eigenvalue weighted by atomic mass is 16.5. The molecule has 62 heavy (non-hydrogen) atoms. The fourth-order valence-corrected chi connectivity index (χ4v) is 8.18. The van der Waals surface area contributed by atoms with Crippen molar-refractivity contribution in [2.45, 2.75) is 13.0 Å². The minimum Gasteiger partial charge on any atom is -0.508 e. The molecule has 8 bridgehead atoms. The Morgan fingerprint density at radius 3 is 1.47 bits per heavy atom. The Bertz CT molecular complexity index is 3170. The monoisotopic (exact) mass is 812 g/mol. The van der Waals surface area contributed by atoms with E-state index in [2.05, 4.69) is 17.1 Å². The molecule has 0 saturated carbocycles. The zero-order valence-corrected chi connectivity index (χ0v) is 33.0. The summed E-state index contributed by atoms with van der Waals surface area (Å²) < 4.78 is 6.95. The molecule has 0 amide bonds. The van der Waals surface area contributed by atoms with E-state index in [4.69, 9.17) is 14.7 Å². The third-order valence-corrected chi connectivity index (χ3v) is 11.1. The lowest BCUT2D eigenvalue weighted by atomic mass is 9.91. The maximum Gasteiger partial charge on any atom is 0.331 e. The van der Waals surface area contributed by atoms with Crippen LogP contribution in [0.2, 0.25) is 0 Å². The van der Waals surface area contributed by atoms with E-state index in [1.165, 1.54) is 10.6 Å². The van der Waals surface area contributed by atoms with Crippen LogP contribution >= 0.6 is 0 Å². The Morgan fingerprint density at radius 1 is 0.548 bits per heavy atom. The van der Waals surface area contributed by atoms with Gasteiger partial charge in [-0.3, -0.25) is 4.79 Å². The van der Waals surface area contributed by atoms with Gasteiger partial charge in [-0.25, -0.2) is 14.8 Å². The number of fused-ring (bicyclic) bond motifs is 6. The molecule has 10 heteroatoms. The minimum absolute atomic E-state index is 0.144. The smallest absolute Gasteiger partial charge is 0.331 e. The molecule has 0 spiro atoms. The first-order valence-electron chi connectivity index (χ1n) is 20.0. The second kappa shape index (κ2) is 15.6. The van der Waals surface area contributed by atoms with Crippen molar-refractivity contribution in [3.63, 3.8) is 0 Å². The average Bonchev–Trinajstić information content (AvgIpc) is 4.12. The van der Waals surface area contributed by atoms with Gasteiger partial charge in [-0.05, 0) is 131 Å². The van der Waals surface area contributed by atoms with E-state index in [0.717, 1.165) is 84.2 Å². The van der Waals surface area contributed by atoms with Crippen LogP contribution in [0.4, 0.5) is 0 Å². The molecule has 4 aliphatic rings. The number of nitrogens with zero attached hydrogens (tertiary/aromatic N) is 3. The van der Waals surface area contributed by atoms with E-state index in [-0.39, 0.29) is 29.4 Å². The van der Waals surface area contributed by atoms with E-state index in [1.807, 2.05) is 85.0 Å². The molecule has 3 aliphatic heterocycles. The number of pyridine rings is 1. The molecule has 10 rings (SSSR count). The van der Waals surface area contributed by atoms with E-state index < -0.39 is 5.97 Å². The number of H-pyrrole nitrogens is 1. The van der Waals surface area contributed by atoms with Gasteiger partial charge in [0.2, 0.25) is 0 Å². The fraction of sp³-hybridized carbons (Fsp3) is 0.0385. The molecule has 0 saturated heterocycles. The first-order chi connectivity index (χ1) is 30.2. The number of ether oxygens (including phenoxy) is 1. The molecule has 6 aromatic rings. The Morgan fingerprint density at radius 2 is 1.00 bits per heavy atom. The number of carbonyl (C=O) groups is 1. The van der Waals surface area contributed by atoms with Crippen molar-refractivity contribution >= 4 is 39.7 Å². The molecular formula is C52H36N4O6. The Hall–Kier alpha value is -8.50. The highest BCUT2D eigenvalue weighted by Crippen LogP contribution is 2.42. The maximum atomic E-state index is 12.9. The van der Waals surface area contributed by atoms with E-state index in [1.54, 1.807) is 66.9 Å². The van der Waals surface area contributed by atoms with E-state index in [0.29, 0.717) is 17.9 Å². The number of nitrogens with one attached hydrogen (secondary N) is 1. The van der Waals surface area contributed by atoms with E-state index >= 15 is 0 Å². The summed E-state index contributed by atoms with van der Waals surface area (Å²) in [6.45, 7) is -0.224. The fourth-order valence-electron chi connectivity index (χ4n) is 8.18. The summed E-state index contributed by atoms with van der Waals surface area (Å²) in [4.78, 5) is 39.4. The molecular weight excluding hydrogens is 777 g/mol. The predicted octanol–water partition coefficient (Wildman–Crippen LogP) is 9.32. The standard InChI is InChI=1S/C52H36N4O6/c57-37-14-6-31(7-15-37)49-35-4-5-36(29-35)50(32-12-20-40(21-13-32)62-48(61)30-56-28-2-1-3-47(56)60)42-23-25-44(54-42)52(34-10-18-39(59)19-11-34)46-27-26-45(55-46)51(43-24-22-41(49)53-43)33-8-16-38(58)17-9-33/h1-28,55,57-59H,29-30H2. The molecule has 10 nitrogen and oxygen atoms in total. The molecule has 1 aliphatic carbocycles. The zero-order chi connectivity index (χ0) is 42.3. The number of phenolic OH excluding ortho intramolecular Hbond substituents is 3. The molecule has 300 valence electrons. The third-order valence-electron chi connectivity index (χ3n) is 11.1. The number of hydrogen-bond acceptors (Lipinski definition) is 8. The van der Waals surface area contributed by atoms with Crippen LogP contribution in [0.3, 0.4) is 0 Å². The largest absolute Gasteiger partial charge is 0.508 e. The van der Waals surface area contributed by atoms with Crippen LogP contribution in [-0.4, -0.2) is 42.3 Å². The number of aliphatic imine (C=N–C) groups is 2. The van der Waals surface area contributed by atoms with Gasteiger partial charge in [-0.2, -0.15) is 0 Å². The summed E-state index contributed by atoms with van der Waals surface area (Å²) in [6.07, 6.45) is 14.3. The van der Waals surface area contributed by atoms with Crippen LogP contribution in [0.1, 0.15) is 40.1 Å². The third kappa shape index (κ3) is 7.26. The number of benzene rings is 4. The van der Waals surface area contributed by atoms with Crippen LogP contribution in [-0.2, 0) is 11.3 Å². The molecule has 0 fully saturated rings. The van der Waals surface area contributed by atoms with Gasteiger partial charge in [0.1, 0.15) is 29.5 Å². The van der Waals surface area contributed by atoms with Crippen molar-refractivity contribution < 1.29 is 24.9 Å². The van der Waals surface area contributed by atoms with Gasteiger partial charge in [0.25, 0.3) is 5.56 Å². The van der Waals surface area contributed by atoms with Crippen LogP contribution in [0.25, 0.3) is 22.3 Å². The van der Waals surface area contributed by atoms with Crippen LogP contribution in [0.15, 0.2) is 207 Å². The normalized spacial score (nSPS) is 15.5. The zero-order valence-electron chi connectivity index (χ0n) is 33.0. The summed E-state index contributed by atoms with van der Waals surface area (Å²) in [6, 6.07) is 37.2. The number of aromatic amines is 1. The SMILES string of the molecule is O=C(Cn1ccccc1=O)Oc1ccc(C2=C3C=CC(=C(c4ccc(O)cc4)C4=NC(=C(c5ccc(O)cc5)c5ccc([nH]5)C(c5ccc(O)cc5)=C5C=CC2=N5)C=C4)C3)cc1. The molecule has 4 N–H and O–H groups in total. The molecule has 0 atom stereocenters. The van der Waals surface area contributed by atoms with Crippen molar-refractivity contribution in [1.29, 1.82) is 0 Å². The number of aromatic hydroxyl groups is 3. The van der Waals surface area contributed by atoms with Gasteiger partial charge in [0, 0.05) is 45.9 Å². The number of hydrogen-bond donors (Lipinski definition) is 4. The topological polar surface area (TPSA) is 150 Å². The van der Waals surface area contributed by atoms with Gasteiger partial charge in [-0.15, -0.1) is 0 Å². The van der Waals surface area contributed by atoms with Crippen molar-refractivity contribution in [3.05, 3.63) is 237 Å². The Balaban J connectivity index is 1.16. The highest BCUT2D eigenvalue weighted by Gasteiger charge is 2.27. The highest BCUT2D eigenvalue weighted by molar-refractivity contribution is 6.34. The number of phenols is 3. The summed E-state index contributed by atoms with van der Waals surface area (Å²) >= 11 is 0. The van der Waals surface area contributed by atoms with Crippen molar-refractivity contribution in [2.75, 3.05) is 0 Å². The maximum absolute atomic E-state index is 12.9. The number of rotatable bonds is 7. The summed E-state index contributed by atoms with van der Waals surface area (Å²) in [5.74, 6) is 0.216. The number of carbonyl (C=O) groups excluding carboxylic acids is 1. The number of allylic oxidation sites excluding steroid dienone is 10. The molecule has 2 aromatic heterocycles. The second-order valence-electron chi connectivity index (χ2n) is 15.1. The predicted molar refractivity (Wildman–Crippen MR) is 241 cm³/mol. The van der Waals surface area contributed by atoms with Crippen LogP contribution < -0.4 is 10.3 Å². The summed E-state index contributed by atoms with van der Waals surface area (Å²) in [5.41, 5.74) is 13.0. The first-order valence-corrected chi connectivity index (χ1v) is 20.0. The molecule has 5 heterocycles. The molecule has 0 unspecified atom stereocenters. The molecule has 4 aromatic carbocycles. The van der Waals surface area contributed by atoms with Crippen molar-refractivity contribution in [3.8, 4) is 23.0 Å². The Kier molecular flexibility index (Phi) is 9.49. The average molecular weight is 813 g/mol. The van der Waals surface area contributed by atoms with Gasteiger partial charge in [0.15, 0.2) is 0 Å². The lowest BCUT2D eigenvalue weighted by molar-refractivity contribution is -0.135. The second-order valence-corrected chi connectivity index (χ2v) is 15.1. The lowest BCUT2D eigenvalue weighted by Crippen LogP contribution is -2.25. The van der Waals surface area contributed by atoms with Gasteiger partial charge in [-0.1, -0.05) is 66.7 Å². The minimum atomic E-state index is -0.572. The van der Waals surface area contributed by atoms with Gasteiger partial charge >= 0.3 is 5.97 Å². The van der Waals surface area contributed by atoms with Gasteiger partial charge in [0.05, 0.1) is 22.8 Å². The van der Waals surface area contributed by atoms with Crippen LogP contribution in [0, 0.1) is 0 Å². The molecule has 0 radical (unpaired) electrons. The lowest BCUT2D eigenvalue weighted by Gasteiger charge is -2.15. The van der Waals surface area contributed by atoms with Crippen molar-refractivity contribution in [1.82, 2.24) is 9.55 Å². The van der Waals surface area contributed by atoms with Gasteiger partial charge < -0.3 is 29.6 Å². The summed E-state index contributed by atoms with van der Waals surface area (Å²) in [5, 5.41) is 30.8. The summed E-state index contributed by atoms with van der Waals surface area (Å²) in [7, 11) is 0. The van der Waals surface area contributed by atoms with Crippen LogP contribution in [0.5, 0.6) is 23.0 Å². The van der Waals surface area contributed by atoms with Crippen molar-refractivity contribution in [2.24, 2.45) is 9.98 Å². The number of aromatic nitrogens is 2. The Labute approximate surface area is 355 Å². The van der Waals surface area contributed by atoms with E-state index in [9.17, 15) is 24.9 Å². The quantitative estimate of drug-likeness (QED) is 0.0933. The first kappa shape index (κ1) is 37.7. The number of esters is 1.